The third-order valence-electron chi connectivity index (χ3n) is 4.65. The molecule has 0 aromatic heterocycles. The molecule has 2 heterocycles. The Morgan fingerprint density at radius 2 is 1.69 bits per heavy atom. The zero-order valence-corrected chi connectivity index (χ0v) is 15.0. The number of nitrogens with zero attached hydrogens (tertiary/aromatic N) is 1. The van der Waals surface area contributed by atoms with Crippen molar-refractivity contribution in [1.82, 2.24) is 4.90 Å². The van der Waals surface area contributed by atoms with Crippen molar-refractivity contribution in [2.45, 2.75) is 24.9 Å². The molecule has 0 amide bonds. The van der Waals surface area contributed by atoms with Gasteiger partial charge in [0.2, 0.25) is 0 Å². The van der Waals surface area contributed by atoms with Crippen molar-refractivity contribution >= 4 is 11.9 Å². The molecule has 0 radical (unpaired) electrons. The Bertz CT molecular complexity index is 685. The predicted octanol–water partition coefficient (Wildman–Crippen LogP) is 2.38. The van der Waals surface area contributed by atoms with E-state index < -0.39 is 17.9 Å². The lowest BCUT2D eigenvalue weighted by atomic mass is 9.83. The first-order valence-corrected chi connectivity index (χ1v) is 8.66. The van der Waals surface area contributed by atoms with Gasteiger partial charge in [-0.05, 0) is 18.4 Å². The molecule has 1 aromatic carbocycles. The van der Waals surface area contributed by atoms with E-state index >= 15 is 0 Å². The molecule has 3 rings (SSSR count). The molecule has 0 bridgehead atoms. The largest absolute Gasteiger partial charge is 0.466 e. The van der Waals surface area contributed by atoms with Crippen LogP contribution in [0.4, 0.5) is 0 Å². The highest BCUT2D eigenvalue weighted by Gasteiger charge is 2.35. The third-order valence-corrected chi connectivity index (χ3v) is 4.65. The van der Waals surface area contributed by atoms with Gasteiger partial charge in [0, 0.05) is 25.6 Å². The van der Waals surface area contributed by atoms with Crippen LogP contribution in [0.1, 0.15) is 24.3 Å². The first kappa shape index (κ1) is 18.2. The van der Waals surface area contributed by atoms with Gasteiger partial charge in [-0.2, -0.15) is 0 Å². The Kier molecular flexibility index (Phi) is 5.73. The lowest BCUT2D eigenvalue weighted by Crippen LogP contribution is -2.32. The summed E-state index contributed by atoms with van der Waals surface area (Å²) in [7, 11) is 2.68. The van der Waals surface area contributed by atoms with Crippen LogP contribution in [0, 0.1) is 0 Å². The van der Waals surface area contributed by atoms with E-state index in [1.165, 1.54) is 14.2 Å². The summed E-state index contributed by atoms with van der Waals surface area (Å²) in [6, 6.07) is 9.40. The van der Waals surface area contributed by atoms with Gasteiger partial charge in [0.15, 0.2) is 0 Å². The van der Waals surface area contributed by atoms with E-state index in [0.717, 1.165) is 25.0 Å². The van der Waals surface area contributed by atoms with Crippen LogP contribution < -0.4 is 0 Å². The Labute approximate surface area is 153 Å². The highest BCUT2D eigenvalue weighted by atomic mass is 16.5. The van der Waals surface area contributed by atoms with Gasteiger partial charge in [-0.1, -0.05) is 30.3 Å². The summed E-state index contributed by atoms with van der Waals surface area (Å²) in [5, 5.41) is 0. The van der Waals surface area contributed by atoms with Crippen molar-refractivity contribution in [3.8, 4) is 0 Å². The smallest absolute Gasteiger partial charge is 0.336 e. The van der Waals surface area contributed by atoms with E-state index in [1.807, 2.05) is 35.2 Å². The maximum Gasteiger partial charge on any atom is 0.336 e. The first-order valence-electron chi connectivity index (χ1n) is 8.66. The Morgan fingerprint density at radius 1 is 1.08 bits per heavy atom. The fourth-order valence-electron chi connectivity index (χ4n) is 3.42. The van der Waals surface area contributed by atoms with Gasteiger partial charge >= 0.3 is 11.9 Å². The molecule has 26 heavy (non-hydrogen) atoms. The summed E-state index contributed by atoms with van der Waals surface area (Å²) in [5.74, 6) is -1.46. The van der Waals surface area contributed by atoms with Crippen LogP contribution in [0.15, 0.2) is 53.9 Å². The fraction of sp³-hybridized carbons (Fsp3) is 0.400. The van der Waals surface area contributed by atoms with Gasteiger partial charge in [-0.25, -0.2) is 9.59 Å². The van der Waals surface area contributed by atoms with Crippen molar-refractivity contribution in [2.24, 2.45) is 0 Å². The van der Waals surface area contributed by atoms with Crippen molar-refractivity contribution in [1.29, 1.82) is 0 Å². The molecular weight excluding hydrogens is 334 g/mol. The molecular formula is C20H23NO5. The number of carbonyl (C=O) groups excluding carboxylic acids is 2. The number of carbonyl (C=O) groups is 2. The molecule has 138 valence electrons. The van der Waals surface area contributed by atoms with E-state index in [-0.39, 0.29) is 6.10 Å². The molecule has 0 spiro atoms. The monoisotopic (exact) mass is 357 g/mol. The van der Waals surface area contributed by atoms with Crippen molar-refractivity contribution in [3.05, 3.63) is 59.4 Å². The molecule has 1 aromatic rings. The summed E-state index contributed by atoms with van der Waals surface area (Å²) in [6.07, 6.45) is 5.55. The molecule has 0 unspecified atom stereocenters. The second kappa shape index (κ2) is 8.19. The van der Waals surface area contributed by atoms with Crippen LogP contribution in [-0.2, 0) is 23.8 Å². The SMILES string of the molecule is COC(=O)C1=CN(C[C@@H]2CCCO2)C=C(C(=O)OC)C1c1ccccc1. The van der Waals surface area contributed by atoms with Crippen LogP contribution in [0.3, 0.4) is 0 Å². The van der Waals surface area contributed by atoms with E-state index in [2.05, 4.69) is 0 Å². The van der Waals surface area contributed by atoms with Crippen LogP contribution in [0.25, 0.3) is 0 Å². The van der Waals surface area contributed by atoms with E-state index in [1.54, 1.807) is 12.4 Å². The lowest BCUT2D eigenvalue weighted by molar-refractivity contribution is -0.137. The van der Waals surface area contributed by atoms with Crippen molar-refractivity contribution in [3.63, 3.8) is 0 Å². The normalized spacial score (nSPS) is 20.4. The minimum absolute atomic E-state index is 0.0774. The highest BCUT2D eigenvalue weighted by Crippen LogP contribution is 2.37. The van der Waals surface area contributed by atoms with Gasteiger partial charge in [0.05, 0.1) is 37.4 Å². The molecule has 2 aliphatic rings. The Hall–Kier alpha value is -2.60. The molecule has 2 aliphatic heterocycles. The number of methoxy groups -OCH3 is 2. The minimum Gasteiger partial charge on any atom is -0.466 e. The zero-order chi connectivity index (χ0) is 18.5. The van der Waals surface area contributed by atoms with Crippen LogP contribution in [0.2, 0.25) is 0 Å². The van der Waals surface area contributed by atoms with Crippen molar-refractivity contribution < 1.29 is 23.8 Å². The maximum atomic E-state index is 12.5. The van der Waals surface area contributed by atoms with Gasteiger partial charge in [0.1, 0.15) is 0 Å². The van der Waals surface area contributed by atoms with Crippen LogP contribution in [-0.4, -0.2) is 50.3 Å². The third kappa shape index (κ3) is 3.80. The first-order chi connectivity index (χ1) is 12.6. The summed E-state index contributed by atoms with van der Waals surface area (Å²) >= 11 is 0. The number of esters is 2. The second-order valence-electron chi connectivity index (χ2n) is 6.33. The fourth-order valence-corrected chi connectivity index (χ4v) is 3.42. The standard InChI is InChI=1S/C20H23NO5/c1-24-19(22)16-12-21(11-15-9-6-10-26-15)13-17(20(23)25-2)18(16)14-7-4-3-5-8-14/h3-5,7-8,12-13,15,18H,6,9-11H2,1-2H3/t15-/m0/s1. The summed E-state index contributed by atoms with van der Waals surface area (Å²) in [5.41, 5.74) is 1.64. The van der Waals surface area contributed by atoms with Gasteiger partial charge in [-0.15, -0.1) is 0 Å². The number of benzene rings is 1. The molecule has 1 atom stereocenters. The van der Waals surface area contributed by atoms with Gasteiger partial charge in [-0.3, -0.25) is 0 Å². The topological polar surface area (TPSA) is 65.1 Å². The lowest BCUT2D eigenvalue weighted by Gasteiger charge is -2.31. The maximum absolute atomic E-state index is 12.5. The number of ether oxygens (including phenoxy) is 3. The number of hydrogen-bond donors (Lipinski definition) is 0. The predicted molar refractivity (Wildman–Crippen MR) is 95.1 cm³/mol. The minimum atomic E-state index is -0.531. The molecule has 6 nitrogen and oxygen atoms in total. The molecule has 0 N–H and O–H groups in total. The highest BCUT2D eigenvalue weighted by molar-refractivity contribution is 5.98. The quantitative estimate of drug-likeness (QED) is 0.754. The molecule has 6 heteroatoms. The average Bonchev–Trinajstić information content (AvgIpc) is 3.19. The van der Waals surface area contributed by atoms with Crippen LogP contribution in [0.5, 0.6) is 0 Å². The van der Waals surface area contributed by atoms with Crippen LogP contribution >= 0.6 is 0 Å². The van der Waals surface area contributed by atoms with Gasteiger partial charge < -0.3 is 19.1 Å². The number of rotatable bonds is 5. The van der Waals surface area contributed by atoms with Crippen molar-refractivity contribution in [2.75, 3.05) is 27.4 Å². The zero-order valence-electron chi connectivity index (χ0n) is 15.0. The number of hydrogen-bond acceptors (Lipinski definition) is 6. The average molecular weight is 357 g/mol. The van der Waals surface area contributed by atoms with E-state index in [9.17, 15) is 9.59 Å². The molecule has 1 saturated heterocycles. The second-order valence-corrected chi connectivity index (χ2v) is 6.33. The Morgan fingerprint density at radius 3 is 2.19 bits per heavy atom. The summed E-state index contributed by atoms with van der Waals surface area (Å²) in [6.45, 7) is 1.31. The molecule has 0 aliphatic carbocycles. The molecule has 1 fully saturated rings. The molecule has 0 saturated carbocycles. The van der Waals surface area contributed by atoms with Gasteiger partial charge in [0.25, 0.3) is 0 Å². The summed E-state index contributed by atoms with van der Waals surface area (Å²) in [4.78, 5) is 26.8. The Balaban J connectivity index is 2.00. The van der Waals surface area contributed by atoms with E-state index in [4.69, 9.17) is 14.2 Å². The van der Waals surface area contributed by atoms with E-state index in [0.29, 0.717) is 17.7 Å². The summed E-state index contributed by atoms with van der Waals surface area (Å²) < 4.78 is 15.6.